The molecule has 1 aromatic carbocycles. The monoisotopic (exact) mass is 333 g/mol. The van der Waals surface area contributed by atoms with E-state index in [2.05, 4.69) is 20.9 Å². The van der Waals surface area contributed by atoms with Gasteiger partial charge in [-0.05, 0) is 25.8 Å². The fourth-order valence-corrected chi connectivity index (χ4v) is 3.62. The van der Waals surface area contributed by atoms with Crippen molar-refractivity contribution in [1.82, 2.24) is 14.1 Å². The highest BCUT2D eigenvalue weighted by Crippen LogP contribution is 2.25. The Kier molecular flexibility index (Phi) is 3.77. The second-order valence-electron chi connectivity index (χ2n) is 6.39. The summed E-state index contributed by atoms with van der Waals surface area (Å²) in [5.74, 6) is 1.69. The molecule has 1 aliphatic heterocycles. The molecule has 0 fully saturated rings. The van der Waals surface area contributed by atoms with Crippen molar-refractivity contribution >= 4 is 22.6 Å². The molecule has 0 spiro atoms. The van der Waals surface area contributed by atoms with Crippen molar-refractivity contribution in [3.8, 4) is 6.07 Å². The Morgan fingerprint density at radius 2 is 2.20 bits per heavy atom. The second kappa shape index (κ2) is 6.10. The summed E-state index contributed by atoms with van der Waals surface area (Å²) >= 11 is 0. The number of nitrogens with one attached hydrogen (secondary N) is 1. The van der Waals surface area contributed by atoms with Gasteiger partial charge in [-0.2, -0.15) is 5.26 Å². The average Bonchev–Trinajstić information content (AvgIpc) is 3.15. The molecule has 6 heteroatoms. The number of aryl methyl sites for hydroxylation is 1. The van der Waals surface area contributed by atoms with Crippen LogP contribution in [-0.4, -0.2) is 20.0 Å². The fraction of sp³-hybridized carbons (Fsp3) is 0.316. The number of benzene rings is 1. The number of para-hydroxylation sites is 1. The summed E-state index contributed by atoms with van der Waals surface area (Å²) < 4.78 is 3.99. The number of hydrogen-bond acceptors (Lipinski definition) is 3. The van der Waals surface area contributed by atoms with E-state index in [0.29, 0.717) is 5.56 Å². The molecule has 3 heterocycles. The maximum Gasteiger partial charge on any atom is 0.245 e. The topological polar surface area (TPSA) is 75.6 Å². The van der Waals surface area contributed by atoms with Crippen LogP contribution in [0.5, 0.6) is 0 Å². The lowest BCUT2D eigenvalue weighted by atomic mass is 10.1. The molecule has 1 amide bonds. The molecule has 0 saturated heterocycles. The molecular formula is C19H19N5O. The van der Waals surface area contributed by atoms with Crippen molar-refractivity contribution in [3.63, 3.8) is 0 Å². The molecule has 4 rings (SSSR count). The summed E-state index contributed by atoms with van der Waals surface area (Å²) in [4.78, 5) is 17.0. The third-order valence-electron chi connectivity index (χ3n) is 4.88. The molecule has 0 aliphatic carbocycles. The quantitative estimate of drug-likeness (QED) is 0.800. The molecule has 0 bridgehead atoms. The van der Waals surface area contributed by atoms with E-state index in [1.165, 1.54) is 0 Å². The summed E-state index contributed by atoms with van der Waals surface area (Å²) in [5, 5.41) is 13.3. The second-order valence-corrected chi connectivity index (χ2v) is 6.39. The SMILES string of the molecule is Cc1c(C#N)c2ccccc2n1CC(=O)Nc1cnc2n1CCCC2. The Morgan fingerprint density at radius 1 is 1.36 bits per heavy atom. The summed E-state index contributed by atoms with van der Waals surface area (Å²) in [6.45, 7) is 2.95. The van der Waals surface area contributed by atoms with Crippen molar-refractivity contribution < 1.29 is 4.79 Å². The number of rotatable bonds is 3. The number of carbonyl (C=O) groups excluding carboxylic acids is 1. The number of imidazole rings is 1. The zero-order chi connectivity index (χ0) is 17.4. The first kappa shape index (κ1) is 15.5. The highest BCUT2D eigenvalue weighted by molar-refractivity contribution is 5.93. The Hall–Kier alpha value is -3.07. The van der Waals surface area contributed by atoms with Crippen molar-refractivity contribution in [2.24, 2.45) is 0 Å². The van der Waals surface area contributed by atoms with E-state index < -0.39 is 0 Å². The molecule has 1 N–H and O–H groups in total. The first-order valence-corrected chi connectivity index (χ1v) is 8.51. The molecule has 6 nitrogen and oxygen atoms in total. The predicted molar refractivity (Wildman–Crippen MR) is 95.2 cm³/mol. The van der Waals surface area contributed by atoms with Crippen LogP contribution in [0.2, 0.25) is 0 Å². The van der Waals surface area contributed by atoms with Crippen LogP contribution in [0.1, 0.15) is 29.9 Å². The van der Waals surface area contributed by atoms with Crippen molar-refractivity contribution in [3.05, 3.63) is 47.5 Å². The highest BCUT2D eigenvalue weighted by atomic mass is 16.2. The van der Waals surface area contributed by atoms with E-state index in [9.17, 15) is 10.1 Å². The highest BCUT2D eigenvalue weighted by Gasteiger charge is 2.18. The fourth-order valence-electron chi connectivity index (χ4n) is 3.62. The van der Waals surface area contributed by atoms with E-state index in [1.807, 2.05) is 35.8 Å². The van der Waals surface area contributed by atoms with E-state index in [0.717, 1.165) is 54.0 Å². The van der Waals surface area contributed by atoms with Gasteiger partial charge in [-0.3, -0.25) is 4.79 Å². The van der Waals surface area contributed by atoms with Crippen LogP contribution in [0.25, 0.3) is 10.9 Å². The normalized spacial score (nSPS) is 13.4. The van der Waals surface area contributed by atoms with E-state index in [4.69, 9.17) is 0 Å². The third kappa shape index (κ3) is 2.58. The zero-order valence-corrected chi connectivity index (χ0v) is 14.1. The molecule has 1 aliphatic rings. The van der Waals surface area contributed by atoms with Gasteiger partial charge in [0, 0.05) is 24.0 Å². The third-order valence-corrected chi connectivity index (χ3v) is 4.88. The number of amides is 1. The van der Waals surface area contributed by atoms with Crippen LogP contribution in [0, 0.1) is 18.3 Å². The summed E-state index contributed by atoms with van der Waals surface area (Å²) in [7, 11) is 0. The van der Waals surface area contributed by atoms with E-state index in [1.54, 1.807) is 6.20 Å². The van der Waals surface area contributed by atoms with Gasteiger partial charge in [0.1, 0.15) is 24.3 Å². The van der Waals surface area contributed by atoms with Gasteiger partial charge in [0.25, 0.3) is 0 Å². The molecular weight excluding hydrogens is 314 g/mol. The van der Waals surface area contributed by atoms with Gasteiger partial charge < -0.3 is 14.5 Å². The molecule has 2 aromatic heterocycles. The van der Waals surface area contributed by atoms with Gasteiger partial charge in [0.2, 0.25) is 5.91 Å². The molecule has 0 radical (unpaired) electrons. The van der Waals surface area contributed by atoms with Crippen LogP contribution in [0.3, 0.4) is 0 Å². The van der Waals surface area contributed by atoms with Crippen molar-refractivity contribution in [1.29, 1.82) is 5.26 Å². The van der Waals surface area contributed by atoms with Gasteiger partial charge in [-0.15, -0.1) is 0 Å². The molecule has 0 unspecified atom stereocenters. The lowest BCUT2D eigenvalue weighted by Crippen LogP contribution is -2.22. The van der Waals surface area contributed by atoms with Gasteiger partial charge in [-0.1, -0.05) is 18.2 Å². The minimum Gasteiger partial charge on any atom is -0.334 e. The standard InChI is InChI=1S/C19H19N5O/c1-13-15(10-20)14-6-2-3-7-16(14)24(13)12-19(25)22-18-11-21-17-8-4-5-9-23(17)18/h2-3,6-7,11H,4-5,8-9,12H2,1H3,(H,22,25). The van der Waals surface area contributed by atoms with E-state index in [-0.39, 0.29) is 12.5 Å². The molecule has 0 saturated carbocycles. The van der Waals surface area contributed by atoms with Crippen LogP contribution < -0.4 is 5.32 Å². The minimum absolute atomic E-state index is 0.110. The zero-order valence-electron chi connectivity index (χ0n) is 14.1. The number of nitrogens with zero attached hydrogens (tertiary/aromatic N) is 4. The largest absolute Gasteiger partial charge is 0.334 e. The summed E-state index contributed by atoms with van der Waals surface area (Å²) in [6.07, 6.45) is 4.96. The molecule has 3 aromatic rings. The maximum atomic E-state index is 12.6. The lowest BCUT2D eigenvalue weighted by molar-refractivity contribution is -0.116. The number of fused-ring (bicyclic) bond motifs is 2. The van der Waals surface area contributed by atoms with Gasteiger partial charge in [-0.25, -0.2) is 4.98 Å². The Morgan fingerprint density at radius 3 is 3.04 bits per heavy atom. The average molecular weight is 333 g/mol. The number of nitriles is 1. The Labute approximate surface area is 145 Å². The Bertz CT molecular complexity index is 1000. The lowest BCUT2D eigenvalue weighted by Gasteiger charge is -2.17. The number of carbonyl (C=O) groups is 1. The minimum atomic E-state index is -0.110. The van der Waals surface area contributed by atoms with Crippen molar-refractivity contribution in [2.75, 3.05) is 5.32 Å². The number of anilines is 1. The molecule has 25 heavy (non-hydrogen) atoms. The first-order valence-electron chi connectivity index (χ1n) is 8.51. The smallest absolute Gasteiger partial charge is 0.245 e. The van der Waals surface area contributed by atoms with Crippen LogP contribution >= 0.6 is 0 Å². The van der Waals surface area contributed by atoms with Crippen LogP contribution in [0.15, 0.2) is 30.5 Å². The predicted octanol–water partition coefficient (Wildman–Crippen LogP) is 2.99. The van der Waals surface area contributed by atoms with Gasteiger partial charge >= 0.3 is 0 Å². The number of hydrogen-bond donors (Lipinski definition) is 1. The van der Waals surface area contributed by atoms with Gasteiger partial charge in [0.05, 0.1) is 17.3 Å². The number of aromatic nitrogens is 3. The Balaban J connectivity index is 1.62. The maximum absolute atomic E-state index is 12.6. The summed E-state index contributed by atoms with van der Waals surface area (Å²) in [6, 6.07) is 9.94. The van der Waals surface area contributed by atoms with Crippen LogP contribution in [0.4, 0.5) is 5.82 Å². The van der Waals surface area contributed by atoms with Crippen molar-refractivity contribution in [2.45, 2.75) is 39.3 Å². The summed E-state index contributed by atoms with van der Waals surface area (Å²) in [5.41, 5.74) is 2.35. The first-order chi connectivity index (χ1) is 12.2. The van der Waals surface area contributed by atoms with E-state index >= 15 is 0 Å². The van der Waals surface area contributed by atoms with Gasteiger partial charge in [0.15, 0.2) is 0 Å². The molecule has 0 atom stereocenters. The van der Waals surface area contributed by atoms with Crippen LogP contribution in [-0.2, 0) is 24.3 Å². The molecule has 126 valence electrons.